The van der Waals surface area contributed by atoms with Crippen molar-refractivity contribution in [2.24, 2.45) is 0 Å². The fourth-order valence-electron chi connectivity index (χ4n) is 1.88. The number of carbonyl (C=O) groups is 1. The van der Waals surface area contributed by atoms with Crippen LogP contribution < -0.4 is 10.6 Å². The normalized spacial score (nSPS) is 10.1. The predicted molar refractivity (Wildman–Crippen MR) is 80.8 cm³/mol. The molecule has 2 aromatic rings. The van der Waals surface area contributed by atoms with Gasteiger partial charge in [-0.15, -0.1) is 11.8 Å². The summed E-state index contributed by atoms with van der Waals surface area (Å²) in [7, 11) is 1.58. The molecular weight excluding hydrogens is 272 g/mol. The smallest absolute Gasteiger partial charge is 0.239 e. The molecule has 0 unspecified atom stereocenters. The minimum Gasteiger partial charge on any atom is -0.374 e. The zero-order valence-electron chi connectivity index (χ0n) is 11.2. The van der Waals surface area contributed by atoms with Gasteiger partial charge in [0, 0.05) is 12.4 Å². The van der Waals surface area contributed by atoms with Crippen LogP contribution in [0.25, 0.3) is 10.9 Å². The van der Waals surface area contributed by atoms with E-state index < -0.39 is 0 Å². The lowest BCUT2D eigenvalue weighted by molar-refractivity contribution is -0.118. The molecule has 1 amide bonds. The number of aromatic nitrogens is 1. The Bertz CT molecular complexity index is 693. The van der Waals surface area contributed by atoms with Gasteiger partial charge in [0.05, 0.1) is 17.7 Å². The summed E-state index contributed by atoms with van der Waals surface area (Å²) in [4.78, 5) is 15.9. The second-order valence-electron chi connectivity index (χ2n) is 4.03. The quantitative estimate of drug-likeness (QED) is 0.840. The molecule has 0 spiro atoms. The topological polar surface area (TPSA) is 77.8 Å². The van der Waals surface area contributed by atoms with E-state index >= 15 is 0 Å². The number of hydrogen-bond acceptors (Lipinski definition) is 5. The lowest BCUT2D eigenvalue weighted by Crippen LogP contribution is -2.26. The first-order chi connectivity index (χ1) is 9.71. The highest BCUT2D eigenvalue weighted by molar-refractivity contribution is 7.98. The highest BCUT2D eigenvalue weighted by Crippen LogP contribution is 2.31. The highest BCUT2D eigenvalue weighted by Gasteiger charge is 2.14. The number of rotatable bonds is 4. The van der Waals surface area contributed by atoms with Crippen molar-refractivity contribution in [1.82, 2.24) is 10.3 Å². The molecule has 6 heteroatoms. The number of hydrogen-bond donors (Lipinski definition) is 2. The molecule has 0 saturated carbocycles. The van der Waals surface area contributed by atoms with Gasteiger partial charge in [-0.3, -0.25) is 4.79 Å². The summed E-state index contributed by atoms with van der Waals surface area (Å²) in [5.41, 5.74) is 1.93. The lowest BCUT2D eigenvalue weighted by atomic mass is 10.1. The van der Waals surface area contributed by atoms with E-state index in [9.17, 15) is 10.1 Å². The van der Waals surface area contributed by atoms with Crippen LogP contribution in [0.3, 0.4) is 0 Å². The van der Waals surface area contributed by atoms with E-state index in [1.807, 2.05) is 30.5 Å². The number of nitrogens with one attached hydrogen (secondary N) is 2. The van der Waals surface area contributed by atoms with Crippen LogP contribution in [-0.4, -0.2) is 30.7 Å². The number of thioether (sulfide) groups is 1. The number of nitrogens with zero attached hydrogens (tertiary/aromatic N) is 2. The number of anilines is 1. The van der Waals surface area contributed by atoms with Gasteiger partial charge in [0.1, 0.15) is 16.7 Å². The summed E-state index contributed by atoms with van der Waals surface area (Å²) in [6.45, 7) is 0.118. The molecule has 0 aliphatic heterocycles. The lowest BCUT2D eigenvalue weighted by Gasteiger charge is -2.13. The van der Waals surface area contributed by atoms with Gasteiger partial charge < -0.3 is 10.6 Å². The fourth-order valence-corrected chi connectivity index (χ4v) is 2.42. The third-order valence-electron chi connectivity index (χ3n) is 2.87. The fraction of sp³-hybridized carbons (Fsp3) is 0.214. The molecular formula is C14H14N4OS. The van der Waals surface area contributed by atoms with Crippen LogP contribution in [-0.2, 0) is 4.79 Å². The van der Waals surface area contributed by atoms with Crippen molar-refractivity contribution in [1.29, 1.82) is 5.26 Å². The first-order valence-electron chi connectivity index (χ1n) is 6.02. The van der Waals surface area contributed by atoms with E-state index in [1.165, 1.54) is 11.8 Å². The maximum atomic E-state index is 11.4. The van der Waals surface area contributed by atoms with E-state index in [0.29, 0.717) is 16.3 Å². The molecule has 20 heavy (non-hydrogen) atoms. The Balaban J connectivity index is 2.58. The van der Waals surface area contributed by atoms with Gasteiger partial charge in [0.2, 0.25) is 5.91 Å². The van der Waals surface area contributed by atoms with Crippen LogP contribution in [0.4, 0.5) is 5.69 Å². The van der Waals surface area contributed by atoms with Crippen LogP contribution in [0.15, 0.2) is 29.3 Å². The van der Waals surface area contributed by atoms with Crippen LogP contribution in [0, 0.1) is 11.3 Å². The van der Waals surface area contributed by atoms with Crippen LogP contribution in [0.5, 0.6) is 0 Å². The summed E-state index contributed by atoms with van der Waals surface area (Å²) < 4.78 is 0. The standard InChI is InChI=1S/C14H14N4OS/c1-16-12(19)8-17-13-9-5-3-4-6-11(9)18-14(20-2)10(13)7-15/h3-6H,8H2,1-2H3,(H,16,19)(H,17,18). The number of likely N-dealkylation sites (N-methyl/N-ethyl adjacent to an activating group) is 1. The summed E-state index contributed by atoms with van der Waals surface area (Å²) in [6.07, 6.45) is 1.88. The second kappa shape index (κ2) is 6.26. The molecule has 1 heterocycles. The molecule has 0 fully saturated rings. The molecule has 2 rings (SSSR count). The van der Waals surface area contributed by atoms with Crippen molar-refractivity contribution >= 4 is 34.3 Å². The molecule has 2 N–H and O–H groups in total. The molecule has 0 aliphatic carbocycles. The van der Waals surface area contributed by atoms with Crippen molar-refractivity contribution in [3.8, 4) is 6.07 Å². The second-order valence-corrected chi connectivity index (χ2v) is 4.82. The van der Waals surface area contributed by atoms with Gasteiger partial charge in [-0.05, 0) is 12.3 Å². The Morgan fingerprint density at radius 3 is 2.85 bits per heavy atom. The summed E-state index contributed by atoms with van der Waals surface area (Å²) >= 11 is 1.41. The van der Waals surface area contributed by atoms with E-state index in [0.717, 1.165) is 10.9 Å². The SMILES string of the molecule is CNC(=O)CNc1c(C#N)c(SC)nc2ccccc12. The third-order valence-corrected chi connectivity index (χ3v) is 3.55. The van der Waals surface area contributed by atoms with Crippen molar-refractivity contribution in [3.63, 3.8) is 0 Å². The minimum atomic E-state index is -0.138. The monoisotopic (exact) mass is 286 g/mol. The summed E-state index contributed by atoms with van der Waals surface area (Å²) in [5, 5.41) is 16.5. The first kappa shape index (κ1) is 14.2. The third kappa shape index (κ3) is 2.68. The van der Waals surface area contributed by atoms with Crippen LogP contribution in [0.1, 0.15) is 5.56 Å². The van der Waals surface area contributed by atoms with E-state index in [4.69, 9.17) is 0 Å². The number of carbonyl (C=O) groups excluding carboxylic acids is 1. The Kier molecular flexibility index (Phi) is 4.43. The maximum absolute atomic E-state index is 11.4. The molecule has 102 valence electrons. The van der Waals surface area contributed by atoms with Gasteiger partial charge in [0.25, 0.3) is 0 Å². The zero-order valence-corrected chi connectivity index (χ0v) is 12.0. The minimum absolute atomic E-state index is 0.118. The summed E-state index contributed by atoms with van der Waals surface area (Å²) in [6, 6.07) is 9.73. The average molecular weight is 286 g/mol. The average Bonchev–Trinajstić information content (AvgIpc) is 2.50. The van der Waals surface area contributed by atoms with Gasteiger partial charge in [-0.25, -0.2) is 4.98 Å². The van der Waals surface area contributed by atoms with Crippen LogP contribution >= 0.6 is 11.8 Å². The van der Waals surface area contributed by atoms with Gasteiger partial charge in [-0.2, -0.15) is 5.26 Å². The Morgan fingerprint density at radius 1 is 1.45 bits per heavy atom. The number of nitriles is 1. The van der Waals surface area contributed by atoms with E-state index in [1.54, 1.807) is 7.05 Å². The molecule has 0 aliphatic rings. The summed E-state index contributed by atoms with van der Waals surface area (Å²) in [5.74, 6) is -0.138. The van der Waals surface area contributed by atoms with Crippen molar-refractivity contribution in [2.45, 2.75) is 5.03 Å². The molecule has 1 aromatic heterocycles. The number of para-hydroxylation sites is 1. The molecule has 5 nitrogen and oxygen atoms in total. The molecule has 0 saturated heterocycles. The predicted octanol–water partition coefficient (Wildman–Crippen LogP) is 1.99. The van der Waals surface area contributed by atoms with Gasteiger partial charge in [-0.1, -0.05) is 18.2 Å². The highest BCUT2D eigenvalue weighted by atomic mass is 32.2. The number of amides is 1. The van der Waals surface area contributed by atoms with Crippen molar-refractivity contribution in [2.75, 3.05) is 25.2 Å². The number of benzene rings is 1. The molecule has 0 atom stereocenters. The maximum Gasteiger partial charge on any atom is 0.239 e. The molecule has 0 radical (unpaired) electrons. The number of fused-ring (bicyclic) bond motifs is 1. The zero-order chi connectivity index (χ0) is 14.5. The Morgan fingerprint density at radius 2 is 2.20 bits per heavy atom. The van der Waals surface area contributed by atoms with E-state index in [-0.39, 0.29) is 12.5 Å². The van der Waals surface area contributed by atoms with Gasteiger partial charge >= 0.3 is 0 Å². The first-order valence-corrected chi connectivity index (χ1v) is 7.25. The van der Waals surface area contributed by atoms with Gasteiger partial charge in [0.15, 0.2) is 0 Å². The van der Waals surface area contributed by atoms with Crippen molar-refractivity contribution < 1.29 is 4.79 Å². The number of pyridine rings is 1. The van der Waals surface area contributed by atoms with Crippen molar-refractivity contribution in [3.05, 3.63) is 29.8 Å². The molecule has 1 aromatic carbocycles. The Labute approximate surface area is 121 Å². The largest absolute Gasteiger partial charge is 0.374 e. The van der Waals surface area contributed by atoms with E-state index in [2.05, 4.69) is 21.7 Å². The molecule has 0 bridgehead atoms. The Hall–Kier alpha value is -2.26. The van der Waals surface area contributed by atoms with Crippen LogP contribution in [0.2, 0.25) is 0 Å².